The van der Waals surface area contributed by atoms with Crippen LogP contribution < -0.4 is 4.74 Å². The van der Waals surface area contributed by atoms with Crippen LogP contribution in [-0.2, 0) is 6.42 Å². The molecule has 8 heteroatoms. The van der Waals surface area contributed by atoms with Crippen LogP contribution >= 0.6 is 23.2 Å². The number of ether oxygens (including phenoxy) is 1. The minimum absolute atomic E-state index is 0.298. The third-order valence-electron chi connectivity index (χ3n) is 3.77. The number of halogens is 2. The quantitative estimate of drug-likeness (QED) is 0.472. The van der Waals surface area contributed by atoms with Gasteiger partial charge in [0, 0.05) is 19.4 Å². The summed E-state index contributed by atoms with van der Waals surface area (Å²) in [7, 11) is 0. The Morgan fingerprint density at radius 1 is 1.00 bits per heavy atom. The summed E-state index contributed by atoms with van der Waals surface area (Å²) in [5, 5.41) is 12.5. The van der Waals surface area contributed by atoms with Crippen LogP contribution in [0, 0.1) is 13.8 Å². The van der Waals surface area contributed by atoms with Crippen LogP contribution in [0.4, 0.5) is 0 Å². The molecule has 0 atom stereocenters. The van der Waals surface area contributed by atoms with E-state index in [1.165, 1.54) is 0 Å². The van der Waals surface area contributed by atoms with Gasteiger partial charge in [-0.2, -0.15) is 0 Å². The maximum Gasteiger partial charge on any atom is 0.250 e. The standard InChI is InChI=1S/C18H19Cl2N3O3/c1-11-8-13(26-23-11)6-4-3-5-7-24-14-9-15(19)17(16(20)10-14)18-22-21-12(2)25-18/h8-10H,3-7H2,1-2H3. The first-order chi connectivity index (χ1) is 12.5. The predicted molar refractivity (Wildman–Crippen MR) is 98.8 cm³/mol. The van der Waals surface area contributed by atoms with Crippen molar-refractivity contribution in [2.24, 2.45) is 0 Å². The number of benzene rings is 1. The van der Waals surface area contributed by atoms with Gasteiger partial charge in [0.15, 0.2) is 0 Å². The number of unbranched alkanes of at least 4 members (excludes halogenated alkanes) is 2. The van der Waals surface area contributed by atoms with Crippen LogP contribution in [0.5, 0.6) is 5.75 Å². The number of aromatic nitrogens is 3. The van der Waals surface area contributed by atoms with Crippen LogP contribution in [0.25, 0.3) is 11.5 Å². The van der Waals surface area contributed by atoms with E-state index in [-0.39, 0.29) is 0 Å². The number of rotatable bonds is 8. The Hall–Kier alpha value is -2.05. The van der Waals surface area contributed by atoms with Gasteiger partial charge in [0.25, 0.3) is 5.89 Å². The van der Waals surface area contributed by atoms with E-state index < -0.39 is 0 Å². The highest BCUT2D eigenvalue weighted by molar-refractivity contribution is 6.39. The molecule has 0 aliphatic rings. The van der Waals surface area contributed by atoms with Gasteiger partial charge < -0.3 is 13.7 Å². The third-order valence-corrected chi connectivity index (χ3v) is 4.36. The molecule has 0 saturated carbocycles. The molecular formula is C18H19Cl2N3O3. The predicted octanol–water partition coefficient (Wildman–Crippen LogP) is 5.44. The van der Waals surface area contributed by atoms with Gasteiger partial charge in [-0.1, -0.05) is 28.4 Å². The molecule has 0 N–H and O–H groups in total. The lowest BCUT2D eigenvalue weighted by atomic mass is 10.1. The first-order valence-corrected chi connectivity index (χ1v) is 9.13. The molecule has 0 bridgehead atoms. The van der Waals surface area contributed by atoms with Gasteiger partial charge in [-0.15, -0.1) is 10.2 Å². The topological polar surface area (TPSA) is 74.2 Å². The minimum Gasteiger partial charge on any atom is -0.493 e. The molecule has 0 unspecified atom stereocenters. The van der Waals surface area contributed by atoms with Gasteiger partial charge in [-0.25, -0.2) is 0 Å². The smallest absolute Gasteiger partial charge is 0.250 e. The normalized spacial score (nSPS) is 11.1. The summed E-state index contributed by atoms with van der Waals surface area (Å²) in [5.41, 5.74) is 1.43. The zero-order chi connectivity index (χ0) is 18.5. The summed E-state index contributed by atoms with van der Waals surface area (Å²) in [6.45, 7) is 4.21. The van der Waals surface area contributed by atoms with Crippen molar-refractivity contribution in [3.8, 4) is 17.2 Å². The maximum absolute atomic E-state index is 6.30. The molecule has 2 aromatic heterocycles. The molecule has 3 rings (SSSR count). The molecule has 3 aromatic rings. The number of hydrogen-bond acceptors (Lipinski definition) is 6. The second-order valence-electron chi connectivity index (χ2n) is 5.98. The molecule has 0 aliphatic carbocycles. The third kappa shape index (κ3) is 4.77. The molecule has 0 radical (unpaired) electrons. The Balaban J connectivity index is 1.48. The molecule has 0 saturated heterocycles. The van der Waals surface area contributed by atoms with Crippen molar-refractivity contribution < 1.29 is 13.7 Å². The number of hydrogen-bond donors (Lipinski definition) is 0. The molecule has 0 amide bonds. The molecule has 0 aliphatic heterocycles. The summed E-state index contributed by atoms with van der Waals surface area (Å²) in [6, 6.07) is 5.38. The Morgan fingerprint density at radius 2 is 1.77 bits per heavy atom. The average Bonchev–Trinajstić information content (AvgIpc) is 3.19. The fourth-order valence-electron chi connectivity index (χ4n) is 2.54. The Bertz CT molecular complexity index is 853. The molecule has 26 heavy (non-hydrogen) atoms. The molecule has 6 nitrogen and oxygen atoms in total. The molecular weight excluding hydrogens is 377 g/mol. The minimum atomic E-state index is 0.298. The summed E-state index contributed by atoms with van der Waals surface area (Å²) >= 11 is 12.6. The SMILES string of the molecule is Cc1cc(CCCCCOc2cc(Cl)c(-c3nnc(C)o3)c(Cl)c2)on1. The largest absolute Gasteiger partial charge is 0.493 e. The van der Waals surface area contributed by atoms with E-state index in [4.69, 9.17) is 36.9 Å². The van der Waals surface area contributed by atoms with Crippen LogP contribution in [0.15, 0.2) is 27.1 Å². The van der Waals surface area contributed by atoms with Crippen molar-refractivity contribution >= 4 is 23.2 Å². The highest BCUT2D eigenvalue weighted by Crippen LogP contribution is 2.37. The highest BCUT2D eigenvalue weighted by Gasteiger charge is 2.16. The monoisotopic (exact) mass is 395 g/mol. The highest BCUT2D eigenvalue weighted by atomic mass is 35.5. The van der Waals surface area contributed by atoms with E-state index in [1.54, 1.807) is 19.1 Å². The average molecular weight is 396 g/mol. The Labute approximate surface area is 161 Å². The first-order valence-electron chi connectivity index (χ1n) is 8.37. The lowest BCUT2D eigenvalue weighted by Crippen LogP contribution is -1.98. The second kappa shape index (κ2) is 8.56. The van der Waals surface area contributed by atoms with E-state index in [9.17, 15) is 0 Å². The second-order valence-corrected chi connectivity index (χ2v) is 6.80. The summed E-state index contributed by atoms with van der Waals surface area (Å²) in [5.74, 6) is 2.29. The lowest BCUT2D eigenvalue weighted by molar-refractivity contribution is 0.303. The van der Waals surface area contributed by atoms with Gasteiger partial charge >= 0.3 is 0 Å². The van der Waals surface area contributed by atoms with Crippen molar-refractivity contribution in [1.29, 1.82) is 0 Å². The molecule has 0 fully saturated rings. The van der Waals surface area contributed by atoms with E-state index >= 15 is 0 Å². The van der Waals surface area contributed by atoms with E-state index in [1.807, 2.05) is 13.0 Å². The summed E-state index contributed by atoms with van der Waals surface area (Å²) in [6.07, 6.45) is 3.86. The fourth-order valence-corrected chi connectivity index (χ4v) is 3.17. The molecule has 0 spiro atoms. The zero-order valence-corrected chi connectivity index (χ0v) is 16.1. The lowest BCUT2D eigenvalue weighted by Gasteiger charge is -2.09. The van der Waals surface area contributed by atoms with Crippen LogP contribution in [-0.4, -0.2) is 22.0 Å². The molecule has 138 valence electrons. The molecule has 1 aromatic carbocycles. The summed E-state index contributed by atoms with van der Waals surface area (Å²) in [4.78, 5) is 0. The van der Waals surface area contributed by atoms with Crippen molar-refractivity contribution in [3.63, 3.8) is 0 Å². The van der Waals surface area contributed by atoms with Gasteiger partial charge in [-0.05, 0) is 38.3 Å². The first kappa shape index (κ1) is 18.7. The summed E-state index contributed by atoms with van der Waals surface area (Å²) < 4.78 is 16.3. The Kier molecular flexibility index (Phi) is 6.16. The maximum atomic E-state index is 6.30. The number of nitrogens with zero attached hydrogens (tertiary/aromatic N) is 3. The van der Waals surface area contributed by atoms with Crippen LogP contribution in [0.3, 0.4) is 0 Å². The Morgan fingerprint density at radius 3 is 2.38 bits per heavy atom. The van der Waals surface area contributed by atoms with E-state index in [2.05, 4.69) is 15.4 Å². The zero-order valence-electron chi connectivity index (χ0n) is 14.6. The van der Waals surface area contributed by atoms with Gasteiger partial charge in [-0.3, -0.25) is 0 Å². The van der Waals surface area contributed by atoms with E-state index in [0.717, 1.165) is 37.1 Å². The van der Waals surface area contributed by atoms with Crippen molar-refractivity contribution in [2.75, 3.05) is 6.61 Å². The van der Waals surface area contributed by atoms with Gasteiger partial charge in [0.05, 0.1) is 27.9 Å². The van der Waals surface area contributed by atoms with E-state index in [0.29, 0.717) is 39.7 Å². The van der Waals surface area contributed by atoms with Crippen LogP contribution in [0.1, 0.15) is 36.6 Å². The van der Waals surface area contributed by atoms with Crippen molar-refractivity contribution in [1.82, 2.24) is 15.4 Å². The van der Waals surface area contributed by atoms with Crippen LogP contribution in [0.2, 0.25) is 10.0 Å². The van der Waals surface area contributed by atoms with Crippen molar-refractivity contribution in [3.05, 3.63) is 45.6 Å². The van der Waals surface area contributed by atoms with Gasteiger partial charge in [0.1, 0.15) is 11.5 Å². The fraction of sp³-hybridized carbons (Fsp3) is 0.389. The van der Waals surface area contributed by atoms with Gasteiger partial charge in [0.2, 0.25) is 5.89 Å². The molecule has 2 heterocycles. The van der Waals surface area contributed by atoms with Crippen molar-refractivity contribution in [2.45, 2.75) is 39.5 Å². The number of aryl methyl sites for hydroxylation is 3.